The predicted molar refractivity (Wildman–Crippen MR) is 84.1 cm³/mol. The Kier molecular flexibility index (Phi) is 6.71. The van der Waals surface area contributed by atoms with Crippen molar-refractivity contribution in [2.75, 3.05) is 12.4 Å². The van der Waals surface area contributed by atoms with E-state index in [4.69, 9.17) is 4.74 Å². The van der Waals surface area contributed by atoms with Crippen LogP contribution in [-0.4, -0.2) is 48.9 Å². The third-order valence-electron chi connectivity index (χ3n) is 3.53. The standard InChI is InChI=1S/C16H19NO7S.Na/c1-9(18)24-7-10-8-25(22,23)14-11(5-6-16(2,3)4)13(19)17(14)12(10)15(20)21;/h6,14H,7-8H2,1-4H3,(H,20,21);/q;+1/p-1/t5?,14-;/m1./s1. The van der Waals surface area contributed by atoms with Crippen molar-refractivity contribution < 1.29 is 62.2 Å². The fourth-order valence-electron chi connectivity index (χ4n) is 2.49. The van der Waals surface area contributed by atoms with Gasteiger partial charge < -0.3 is 14.6 Å². The summed E-state index contributed by atoms with van der Waals surface area (Å²) < 4.78 is 29.7. The Balaban J connectivity index is 0.00000338. The average Bonchev–Trinajstić information content (AvgIpc) is 2.43. The Hall–Kier alpha value is -1.38. The number of esters is 1. The molecule has 1 atom stereocenters. The molecule has 0 aromatic carbocycles. The number of β-lactam (4-membered cyclic amide) rings is 1. The molecule has 2 rings (SSSR count). The zero-order valence-electron chi connectivity index (χ0n) is 15.3. The van der Waals surface area contributed by atoms with Crippen LogP contribution >= 0.6 is 0 Å². The first-order valence-electron chi connectivity index (χ1n) is 7.45. The molecule has 1 amide bonds. The van der Waals surface area contributed by atoms with E-state index < -0.39 is 51.1 Å². The molecule has 0 radical (unpaired) electrons. The normalized spacial score (nSPS) is 21.1. The summed E-state index contributed by atoms with van der Waals surface area (Å²) in [4.78, 5) is 35.3. The van der Waals surface area contributed by atoms with Gasteiger partial charge in [0.1, 0.15) is 6.61 Å². The summed E-state index contributed by atoms with van der Waals surface area (Å²) in [7, 11) is -3.89. The summed E-state index contributed by atoms with van der Waals surface area (Å²) >= 11 is 0. The fourth-order valence-corrected chi connectivity index (χ4v) is 4.41. The number of ether oxygens (including phenoxy) is 1. The number of amides is 1. The van der Waals surface area contributed by atoms with Crippen molar-refractivity contribution in [3.63, 3.8) is 0 Å². The molecule has 10 heteroatoms. The fraction of sp³-hybridized carbons (Fsp3) is 0.500. The van der Waals surface area contributed by atoms with Gasteiger partial charge in [-0.2, -0.15) is 0 Å². The van der Waals surface area contributed by atoms with E-state index in [0.29, 0.717) is 4.90 Å². The summed E-state index contributed by atoms with van der Waals surface area (Å²) in [5.74, 6) is -3.81. The number of carboxylic acid groups (broad SMARTS) is 1. The van der Waals surface area contributed by atoms with Gasteiger partial charge in [0.05, 0.1) is 23.0 Å². The Morgan fingerprint density at radius 3 is 2.42 bits per heavy atom. The van der Waals surface area contributed by atoms with Crippen molar-refractivity contribution in [2.45, 2.75) is 33.1 Å². The molecule has 1 fully saturated rings. The number of hydrogen-bond donors (Lipinski definition) is 0. The minimum Gasteiger partial charge on any atom is -0.543 e. The molecule has 2 aliphatic rings. The van der Waals surface area contributed by atoms with Crippen LogP contribution in [0.2, 0.25) is 0 Å². The number of carboxylic acids is 1. The first-order valence-corrected chi connectivity index (χ1v) is 9.16. The number of carbonyl (C=O) groups is 3. The van der Waals surface area contributed by atoms with Gasteiger partial charge in [-0.05, 0) is 11.5 Å². The van der Waals surface area contributed by atoms with Crippen molar-refractivity contribution in [2.24, 2.45) is 5.41 Å². The Labute approximate surface area is 173 Å². The second-order valence-corrected chi connectivity index (χ2v) is 8.98. The zero-order chi connectivity index (χ0) is 19.2. The third-order valence-corrected chi connectivity index (χ3v) is 5.40. The molecule has 136 valence electrons. The van der Waals surface area contributed by atoms with Crippen LogP contribution in [0.1, 0.15) is 27.7 Å². The molecule has 2 heterocycles. The van der Waals surface area contributed by atoms with Gasteiger partial charge in [-0.15, -0.1) is 5.73 Å². The zero-order valence-corrected chi connectivity index (χ0v) is 18.1. The predicted octanol–water partition coefficient (Wildman–Crippen LogP) is -3.72. The third kappa shape index (κ3) is 4.47. The minimum absolute atomic E-state index is 0. The van der Waals surface area contributed by atoms with Gasteiger partial charge in [0, 0.05) is 12.5 Å². The first-order chi connectivity index (χ1) is 11.3. The molecular weight excluding hydrogens is 373 g/mol. The number of sulfone groups is 1. The van der Waals surface area contributed by atoms with E-state index in [2.05, 4.69) is 5.73 Å². The van der Waals surface area contributed by atoms with Gasteiger partial charge in [0.15, 0.2) is 15.2 Å². The number of aliphatic carboxylic acids is 1. The van der Waals surface area contributed by atoms with Crippen LogP contribution in [-0.2, 0) is 29.0 Å². The number of hydrogen-bond acceptors (Lipinski definition) is 7. The maximum absolute atomic E-state index is 12.5. The van der Waals surface area contributed by atoms with Gasteiger partial charge in [-0.3, -0.25) is 14.5 Å². The van der Waals surface area contributed by atoms with E-state index in [1.165, 1.54) is 0 Å². The topological polar surface area (TPSA) is 121 Å². The summed E-state index contributed by atoms with van der Waals surface area (Å²) in [6, 6.07) is 0. The van der Waals surface area contributed by atoms with Gasteiger partial charge in [-0.25, -0.2) is 8.42 Å². The van der Waals surface area contributed by atoms with Crippen molar-refractivity contribution in [1.82, 2.24) is 4.90 Å². The quantitative estimate of drug-likeness (QED) is 0.159. The Bertz CT molecular complexity index is 858. The number of carbonyl (C=O) groups excluding carboxylic acids is 3. The smallest absolute Gasteiger partial charge is 0.543 e. The molecule has 2 aliphatic heterocycles. The van der Waals surface area contributed by atoms with Crippen molar-refractivity contribution in [1.29, 1.82) is 0 Å². The van der Waals surface area contributed by atoms with E-state index in [1.54, 1.807) is 6.08 Å². The number of nitrogens with zero attached hydrogens (tertiary/aromatic N) is 1. The maximum atomic E-state index is 12.5. The average molecular weight is 391 g/mol. The molecule has 0 aromatic rings. The van der Waals surface area contributed by atoms with Crippen LogP contribution in [0.25, 0.3) is 0 Å². The molecule has 8 nitrogen and oxygen atoms in total. The van der Waals surface area contributed by atoms with Crippen LogP contribution in [0, 0.1) is 5.41 Å². The second-order valence-electron chi connectivity index (χ2n) is 6.92. The van der Waals surface area contributed by atoms with Gasteiger partial charge in [-0.1, -0.05) is 20.8 Å². The maximum Gasteiger partial charge on any atom is 1.00 e. The van der Waals surface area contributed by atoms with E-state index in [9.17, 15) is 27.9 Å². The summed E-state index contributed by atoms with van der Waals surface area (Å²) in [6.45, 7) is 6.11. The van der Waals surface area contributed by atoms with Gasteiger partial charge in [0.2, 0.25) is 0 Å². The Morgan fingerprint density at radius 1 is 1.38 bits per heavy atom. The summed E-state index contributed by atoms with van der Waals surface area (Å²) in [5.41, 5.74) is 1.49. The number of rotatable bonds is 3. The van der Waals surface area contributed by atoms with Crippen molar-refractivity contribution in [3.05, 3.63) is 28.7 Å². The summed E-state index contributed by atoms with van der Waals surface area (Å²) in [6.07, 6.45) is 1.56. The van der Waals surface area contributed by atoms with E-state index in [1.807, 2.05) is 20.8 Å². The monoisotopic (exact) mass is 391 g/mol. The van der Waals surface area contributed by atoms with Crippen molar-refractivity contribution in [3.8, 4) is 0 Å². The Morgan fingerprint density at radius 2 is 1.96 bits per heavy atom. The van der Waals surface area contributed by atoms with Crippen molar-refractivity contribution >= 4 is 27.7 Å². The molecule has 26 heavy (non-hydrogen) atoms. The molecule has 0 unspecified atom stereocenters. The SMILES string of the molecule is CC(=O)OCC1=C(C(=O)[O-])N2C(=O)C(=C=CC(C)(C)C)[C@H]2S(=O)(=O)C1.[Na+]. The largest absolute Gasteiger partial charge is 1.00 e. The van der Waals surface area contributed by atoms with Crippen LogP contribution in [0.4, 0.5) is 0 Å². The number of fused-ring (bicyclic) bond motifs is 1. The van der Waals surface area contributed by atoms with Crippen LogP contribution in [0.15, 0.2) is 28.7 Å². The second kappa shape index (κ2) is 7.70. The first kappa shape index (κ1) is 22.7. The van der Waals surface area contributed by atoms with E-state index >= 15 is 0 Å². The van der Waals surface area contributed by atoms with E-state index in [-0.39, 0.29) is 46.1 Å². The molecule has 0 N–H and O–H groups in total. The van der Waals surface area contributed by atoms with Crippen LogP contribution in [0.5, 0.6) is 0 Å². The minimum atomic E-state index is -3.89. The molecule has 1 saturated heterocycles. The molecular formula is C16H18NNaO7S. The summed E-state index contributed by atoms with van der Waals surface area (Å²) in [5, 5.41) is 10.0. The van der Waals surface area contributed by atoms with E-state index in [0.717, 1.165) is 6.92 Å². The van der Waals surface area contributed by atoms with Gasteiger partial charge >= 0.3 is 35.5 Å². The molecule has 0 spiro atoms. The van der Waals surface area contributed by atoms with Crippen LogP contribution < -0.4 is 34.7 Å². The van der Waals surface area contributed by atoms with Crippen LogP contribution in [0.3, 0.4) is 0 Å². The molecule has 0 bridgehead atoms. The molecule has 0 aromatic heterocycles. The van der Waals surface area contributed by atoms with Gasteiger partial charge in [0.25, 0.3) is 5.91 Å². The molecule has 0 aliphatic carbocycles. The molecule has 0 saturated carbocycles.